The highest BCUT2D eigenvalue weighted by atomic mass is 35.5. The first-order valence-electron chi connectivity index (χ1n) is 7.74. The normalized spacial score (nSPS) is 10.6. The van der Waals surface area contributed by atoms with Crippen molar-refractivity contribution in [2.45, 2.75) is 6.92 Å². The number of carbonyl (C=O) groups is 1. The SMILES string of the molecule is CCOc1cc(/C=N\NC(=O)COc2ccc(Cl)cc2)cc(Cl)c1OC. The third-order valence-corrected chi connectivity index (χ3v) is 3.65. The number of hydrogen-bond acceptors (Lipinski definition) is 5. The number of nitrogens with zero attached hydrogens (tertiary/aromatic N) is 1. The predicted octanol–water partition coefficient (Wildman–Crippen LogP) is 3.93. The Hall–Kier alpha value is -2.44. The average Bonchev–Trinajstić information content (AvgIpc) is 2.61. The summed E-state index contributed by atoms with van der Waals surface area (Å²) in [4.78, 5) is 11.8. The molecule has 0 saturated carbocycles. The van der Waals surface area contributed by atoms with Gasteiger partial charge in [-0.2, -0.15) is 5.10 Å². The molecule has 0 fully saturated rings. The molecule has 26 heavy (non-hydrogen) atoms. The molecule has 1 N–H and O–H groups in total. The second kappa shape index (κ2) is 9.89. The third-order valence-electron chi connectivity index (χ3n) is 3.12. The first-order valence-corrected chi connectivity index (χ1v) is 8.49. The molecule has 0 unspecified atom stereocenters. The van der Waals surface area contributed by atoms with Gasteiger partial charge in [0.2, 0.25) is 0 Å². The Morgan fingerprint density at radius 1 is 1.19 bits per heavy atom. The smallest absolute Gasteiger partial charge is 0.277 e. The molecule has 0 aliphatic heterocycles. The van der Waals surface area contributed by atoms with E-state index in [0.29, 0.717) is 39.5 Å². The quantitative estimate of drug-likeness (QED) is 0.541. The highest BCUT2D eigenvalue weighted by molar-refractivity contribution is 6.32. The van der Waals surface area contributed by atoms with E-state index in [4.69, 9.17) is 37.4 Å². The summed E-state index contributed by atoms with van der Waals surface area (Å²) >= 11 is 11.9. The van der Waals surface area contributed by atoms with E-state index in [-0.39, 0.29) is 6.61 Å². The number of nitrogens with one attached hydrogen (secondary N) is 1. The molecule has 8 heteroatoms. The highest BCUT2D eigenvalue weighted by Gasteiger charge is 2.10. The lowest BCUT2D eigenvalue weighted by atomic mass is 10.2. The summed E-state index contributed by atoms with van der Waals surface area (Å²) in [6, 6.07) is 10.1. The maximum Gasteiger partial charge on any atom is 0.277 e. The van der Waals surface area contributed by atoms with Crippen molar-refractivity contribution in [1.29, 1.82) is 0 Å². The number of rotatable bonds is 8. The minimum absolute atomic E-state index is 0.174. The monoisotopic (exact) mass is 396 g/mol. The summed E-state index contributed by atoms with van der Waals surface area (Å²) in [5, 5.41) is 4.86. The minimum atomic E-state index is -0.402. The summed E-state index contributed by atoms with van der Waals surface area (Å²) in [5.74, 6) is 1.09. The maximum atomic E-state index is 11.8. The molecule has 0 aromatic heterocycles. The molecule has 0 atom stereocenters. The number of halogens is 2. The van der Waals surface area contributed by atoms with Crippen LogP contribution < -0.4 is 19.6 Å². The highest BCUT2D eigenvalue weighted by Crippen LogP contribution is 2.35. The molecule has 0 spiro atoms. The van der Waals surface area contributed by atoms with Gasteiger partial charge in [0.25, 0.3) is 5.91 Å². The summed E-state index contributed by atoms with van der Waals surface area (Å²) in [5.41, 5.74) is 3.03. The molecular weight excluding hydrogens is 379 g/mol. The Balaban J connectivity index is 1.92. The maximum absolute atomic E-state index is 11.8. The van der Waals surface area contributed by atoms with Gasteiger partial charge in [-0.25, -0.2) is 5.43 Å². The summed E-state index contributed by atoms with van der Waals surface area (Å²) in [6.07, 6.45) is 1.45. The van der Waals surface area contributed by atoms with Crippen LogP contribution in [0.2, 0.25) is 10.0 Å². The van der Waals surface area contributed by atoms with Crippen LogP contribution in [0, 0.1) is 0 Å². The fraction of sp³-hybridized carbons (Fsp3) is 0.222. The Morgan fingerprint density at radius 2 is 1.92 bits per heavy atom. The summed E-state index contributed by atoms with van der Waals surface area (Å²) < 4.78 is 16.0. The zero-order valence-corrected chi connectivity index (χ0v) is 15.8. The lowest BCUT2D eigenvalue weighted by Crippen LogP contribution is -2.24. The molecule has 0 radical (unpaired) electrons. The van der Waals surface area contributed by atoms with Gasteiger partial charge in [-0.05, 0) is 48.9 Å². The van der Waals surface area contributed by atoms with Gasteiger partial charge in [-0.1, -0.05) is 23.2 Å². The van der Waals surface area contributed by atoms with Crippen LogP contribution >= 0.6 is 23.2 Å². The Morgan fingerprint density at radius 3 is 2.58 bits per heavy atom. The number of benzene rings is 2. The van der Waals surface area contributed by atoms with Crippen molar-refractivity contribution in [2.75, 3.05) is 20.3 Å². The Bertz CT molecular complexity index is 780. The second-order valence-electron chi connectivity index (χ2n) is 5.00. The van der Waals surface area contributed by atoms with E-state index in [1.54, 1.807) is 36.4 Å². The van der Waals surface area contributed by atoms with Crippen molar-refractivity contribution in [3.63, 3.8) is 0 Å². The van der Waals surface area contributed by atoms with Crippen LogP contribution in [-0.4, -0.2) is 32.4 Å². The number of methoxy groups -OCH3 is 1. The topological polar surface area (TPSA) is 69.2 Å². The molecule has 2 rings (SSSR count). The number of carbonyl (C=O) groups excluding carboxylic acids is 1. The van der Waals surface area contributed by atoms with E-state index < -0.39 is 5.91 Å². The Labute approximate surface area is 161 Å². The van der Waals surface area contributed by atoms with Crippen LogP contribution in [0.3, 0.4) is 0 Å². The summed E-state index contributed by atoms with van der Waals surface area (Å²) in [6.45, 7) is 2.15. The van der Waals surface area contributed by atoms with Crippen LogP contribution in [0.5, 0.6) is 17.2 Å². The van der Waals surface area contributed by atoms with E-state index in [0.717, 1.165) is 0 Å². The standard InChI is InChI=1S/C18H18Cl2N2O4/c1-3-25-16-9-12(8-15(20)18(16)24-2)10-21-22-17(23)11-26-14-6-4-13(19)5-7-14/h4-10H,3,11H2,1-2H3,(H,22,23)/b21-10-. The zero-order valence-electron chi connectivity index (χ0n) is 14.3. The molecule has 6 nitrogen and oxygen atoms in total. The van der Waals surface area contributed by atoms with E-state index in [1.807, 2.05) is 6.92 Å². The van der Waals surface area contributed by atoms with Gasteiger partial charge in [-0.15, -0.1) is 0 Å². The van der Waals surface area contributed by atoms with Crippen LogP contribution in [0.4, 0.5) is 0 Å². The van der Waals surface area contributed by atoms with Crippen molar-refractivity contribution in [3.8, 4) is 17.2 Å². The molecule has 2 aromatic carbocycles. The fourth-order valence-corrected chi connectivity index (χ4v) is 2.44. The number of amides is 1. The minimum Gasteiger partial charge on any atom is -0.491 e. The lowest BCUT2D eigenvalue weighted by molar-refractivity contribution is -0.123. The number of ether oxygens (including phenoxy) is 3. The van der Waals surface area contributed by atoms with Crippen molar-refractivity contribution < 1.29 is 19.0 Å². The fourth-order valence-electron chi connectivity index (χ4n) is 2.01. The van der Waals surface area contributed by atoms with Crippen LogP contribution in [0.15, 0.2) is 41.5 Å². The molecule has 1 amide bonds. The molecule has 0 aliphatic carbocycles. The zero-order chi connectivity index (χ0) is 18.9. The molecule has 0 heterocycles. The number of hydrogen-bond donors (Lipinski definition) is 1. The first kappa shape index (κ1) is 19.9. The molecule has 0 aliphatic rings. The van der Waals surface area contributed by atoms with Gasteiger partial charge in [0, 0.05) is 5.02 Å². The lowest BCUT2D eigenvalue weighted by Gasteiger charge is -2.11. The molecular formula is C18H18Cl2N2O4. The van der Waals surface area contributed by atoms with Crippen LogP contribution in [0.25, 0.3) is 0 Å². The second-order valence-corrected chi connectivity index (χ2v) is 5.85. The van der Waals surface area contributed by atoms with Gasteiger partial charge in [0.1, 0.15) is 5.75 Å². The van der Waals surface area contributed by atoms with Crippen LogP contribution in [-0.2, 0) is 4.79 Å². The van der Waals surface area contributed by atoms with E-state index in [1.165, 1.54) is 13.3 Å². The average molecular weight is 397 g/mol. The van der Waals surface area contributed by atoms with Gasteiger partial charge < -0.3 is 14.2 Å². The first-order chi connectivity index (χ1) is 12.5. The van der Waals surface area contributed by atoms with Crippen LogP contribution in [0.1, 0.15) is 12.5 Å². The predicted molar refractivity (Wildman–Crippen MR) is 102 cm³/mol. The largest absolute Gasteiger partial charge is 0.491 e. The molecule has 138 valence electrons. The Kier molecular flexibility index (Phi) is 7.56. The van der Waals surface area contributed by atoms with E-state index >= 15 is 0 Å². The van der Waals surface area contributed by atoms with E-state index in [2.05, 4.69) is 10.5 Å². The number of hydrazone groups is 1. The van der Waals surface area contributed by atoms with Crippen molar-refractivity contribution in [1.82, 2.24) is 5.43 Å². The van der Waals surface area contributed by atoms with E-state index in [9.17, 15) is 4.79 Å². The molecule has 0 bridgehead atoms. The molecule has 0 saturated heterocycles. The van der Waals surface area contributed by atoms with Gasteiger partial charge in [0.15, 0.2) is 18.1 Å². The van der Waals surface area contributed by atoms with Gasteiger partial charge in [0.05, 0.1) is 25.0 Å². The van der Waals surface area contributed by atoms with Gasteiger partial charge in [-0.3, -0.25) is 4.79 Å². The molecule has 2 aromatic rings. The third kappa shape index (κ3) is 5.82. The summed E-state index contributed by atoms with van der Waals surface area (Å²) in [7, 11) is 1.51. The van der Waals surface area contributed by atoms with Crippen molar-refractivity contribution in [3.05, 3.63) is 52.0 Å². The van der Waals surface area contributed by atoms with Gasteiger partial charge >= 0.3 is 0 Å². The van der Waals surface area contributed by atoms with Crippen molar-refractivity contribution in [2.24, 2.45) is 5.10 Å². The van der Waals surface area contributed by atoms with Crippen molar-refractivity contribution >= 4 is 35.3 Å².